The smallest absolute Gasteiger partial charge is 0.0992 e. The van der Waals surface area contributed by atoms with Gasteiger partial charge in [-0.25, -0.2) is 4.98 Å². The van der Waals surface area contributed by atoms with E-state index in [2.05, 4.69) is 4.98 Å². The molecule has 0 aromatic carbocycles. The molecular weight excluding hydrogens is 166 g/mol. The number of imidazole rings is 1. The van der Waals surface area contributed by atoms with E-state index in [0.717, 1.165) is 11.1 Å². The van der Waals surface area contributed by atoms with Crippen molar-refractivity contribution in [1.82, 2.24) is 9.38 Å². The first-order valence-electron chi connectivity index (χ1n) is 4.10. The molecule has 1 atom stereocenters. The summed E-state index contributed by atoms with van der Waals surface area (Å²) in [5.41, 5.74) is 7.60. The molecule has 0 saturated heterocycles. The van der Waals surface area contributed by atoms with E-state index in [4.69, 9.17) is 10.8 Å². The van der Waals surface area contributed by atoms with Gasteiger partial charge in [-0.05, 0) is 11.6 Å². The molecule has 4 nitrogen and oxygen atoms in total. The Kier molecular flexibility index (Phi) is 2.00. The number of aliphatic hydroxyl groups is 1. The van der Waals surface area contributed by atoms with Crippen LogP contribution in [0.3, 0.4) is 0 Å². The summed E-state index contributed by atoms with van der Waals surface area (Å²) in [7, 11) is 0. The lowest BCUT2D eigenvalue weighted by molar-refractivity contribution is 0.268. The summed E-state index contributed by atoms with van der Waals surface area (Å²) in [5.74, 6) is 0. The average Bonchev–Trinajstić information content (AvgIpc) is 2.63. The van der Waals surface area contributed by atoms with Crippen molar-refractivity contribution in [2.45, 2.75) is 6.04 Å². The highest BCUT2D eigenvalue weighted by molar-refractivity contribution is 5.54. The van der Waals surface area contributed by atoms with Gasteiger partial charge in [0.25, 0.3) is 0 Å². The van der Waals surface area contributed by atoms with E-state index in [-0.39, 0.29) is 12.6 Å². The fraction of sp³-hybridized carbons (Fsp3) is 0.222. The molecule has 2 aromatic heterocycles. The van der Waals surface area contributed by atoms with Gasteiger partial charge in [-0.15, -0.1) is 0 Å². The molecule has 13 heavy (non-hydrogen) atoms. The Morgan fingerprint density at radius 2 is 2.46 bits per heavy atom. The number of rotatable bonds is 2. The predicted octanol–water partition coefficient (Wildman–Crippen LogP) is 0.326. The van der Waals surface area contributed by atoms with Crippen LogP contribution in [-0.2, 0) is 0 Å². The maximum absolute atomic E-state index is 8.93. The van der Waals surface area contributed by atoms with E-state index >= 15 is 0 Å². The van der Waals surface area contributed by atoms with Crippen molar-refractivity contribution in [3.63, 3.8) is 0 Å². The Morgan fingerprint density at radius 3 is 3.23 bits per heavy atom. The number of nitrogens with zero attached hydrogens (tertiary/aromatic N) is 2. The van der Waals surface area contributed by atoms with Crippen LogP contribution < -0.4 is 5.73 Å². The second-order valence-corrected chi connectivity index (χ2v) is 2.94. The quantitative estimate of drug-likeness (QED) is 0.694. The lowest BCUT2D eigenvalue weighted by Crippen LogP contribution is -2.15. The predicted molar refractivity (Wildman–Crippen MR) is 49.2 cm³/mol. The molecule has 0 amide bonds. The summed E-state index contributed by atoms with van der Waals surface area (Å²) < 4.78 is 1.88. The highest BCUT2D eigenvalue weighted by atomic mass is 16.3. The van der Waals surface area contributed by atoms with Gasteiger partial charge in [-0.2, -0.15) is 0 Å². The molecule has 2 heterocycles. The number of hydrogen-bond acceptors (Lipinski definition) is 3. The van der Waals surface area contributed by atoms with Crippen LogP contribution in [0.4, 0.5) is 0 Å². The molecule has 0 spiro atoms. The fourth-order valence-electron chi connectivity index (χ4n) is 1.38. The first-order valence-corrected chi connectivity index (χ1v) is 4.10. The van der Waals surface area contributed by atoms with Crippen LogP contribution in [0.5, 0.6) is 0 Å². The molecule has 0 saturated carbocycles. The third-order valence-electron chi connectivity index (χ3n) is 2.08. The average molecular weight is 177 g/mol. The summed E-state index contributed by atoms with van der Waals surface area (Å²) in [6, 6.07) is 3.46. The highest BCUT2D eigenvalue weighted by Crippen LogP contribution is 2.15. The van der Waals surface area contributed by atoms with Gasteiger partial charge in [-0.3, -0.25) is 0 Å². The molecule has 3 N–H and O–H groups in total. The third-order valence-corrected chi connectivity index (χ3v) is 2.08. The molecule has 0 fully saturated rings. The Bertz CT molecular complexity index is 410. The van der Waals surface area contributed by atoms with Crippen molar-refractivity contribution in [2.75, 3.05) is 6.61 Å². The van der Waals surface area contributed by atoms with Gasteiger partial charge in [0.05, 0.1) is 30.7 Å². The molecule has 4 heteroatoms. The molecule has 2 rings (SSSR count). The minimum absolute atomic E-state index is 0.0507. The minimum atomic E-state index is -0.333. The molecule has 68 valence electrons. The van der Waals surface area contributed by atoms with E-state index in [1.165, 1.54) is 0 Å². The van der Waals surface area contributed by atoms with Crippen LogP contribution in [0.1, 0.15) is 11.6 Å². The summed E-state index contributed by atoms with van der Waals surface area (Å²) in [6.45, 7) is -0.0507. The molecule has 1 unspecified atom stereocenters. The summed E-state index contributed by atoms with van der Waals surface area (Å²) in [5, 5.41) is 8.93. The van der Waals surface area contributed by atoms with Crippen LogP contribution in [0, 0.1) is 0 Å². The Labute approximate surface area is 75.6 Å². The van der Waals surface area contributed by atoms with Crippen molar-refractivity contribution in [1.29, 1.82) is 0 Å². The summed E-state index contributed by atoms with van der Waals surface area (Å²) in [4.78, 5) is 4.00. The van der Waals surface area contributed by atoms with Crippen molar-refractivity contribution < 1.29 is 5.11 Å². The van der Waals surface area contributed by atoms with Crippen molar-refractivity contribution >= 4 is 5.52 Å². The number of aliphatic hydroxyl groups excluding tert-OH is 1. The lowest BCUT2D eigenvalue weighted by Gasteiger charge is -2.09. The van der Waals surface area contributed by atoms with Crippen molar-refractivity contribution in [3.05, 3.63) is 36.4 Å². The van der Waals surface area contributed by atoms with Crippen molar-refractivity contribution in [2.24, 2.45) is 5.73 Å². The highest BCUT2D eigenvalue weighted by Gasteiger charge is 2.08. The van der Waals surface area contributed by atoms with Gasteiger partial charge in [-0.1, -0.05) is 6.07 Å². The Balaban J connectivity index is 2.60. The first-order chi connectivity index (χ1) is 6.33. The Morgan fingerprint density at radius 1 is 1.62 bits per heavy atom. The van der Waals surface area contributed by atoms with Crippen molar-refractivity contribution in [3.8, 4) is 0 Å². The number of pyridine rings is 1. The first kappa shape index (κ1) is 8.22. The zero-order chi connectivity index (χ0) is 9.26. The van der Waals surface area contributed by atoms with Crippen LogP contribution >= 0.6 is 0 Å². The van der Waals surface area contributed by atoms with Gasteiger partial charge in [0.2, 0.25) is 0 Å². The molecule has 2 aromatic rings. The Hall–Kier alpha value is -1.39. The van der Waals surface area contributed by atoms with Gasteiger partial charge in [0.15, 0.2) is 0 Å². The third kappa shape index (κ3) is 1.30. The standard InChI is InChI=1S/C9H11N3O/c10-8(5-13)7-2-1-3-12-6-11-4-9(7)12/h1-4,6,8,13H,5,10H2. The van der Waals surface area contributed by atoms with Crippen LogP contribution in [0.25, 0.3) is 5.52 Å². The van der Waals surface area contributed by atoms with Crippen LogP contribution in [0.2, 0.25) is 0 Å². The van der Waals surface area contributed by atoms with E-state index < -0.39 is 0 Å². The van der Waals surface area contributed by atoms with Crippen LogP contribution in [-0.4, -0.2) is 21.1 Å². The number of aromatic nitrogens is 2. The lowest BCUT2D eigenvalue weighted by atomic mass is 10.1. The maximum atomic E-state index is 8.93. The zero-order valence-corrected chi connectivity index (χ0v) is 7.09. The molecule has 0 radical (unpaired) electrons. The SMILES string of the molecule is NC(CO)c1cccn2cncc12. The van der Waals surface area contributed by atoms with Gasteiger partial charge >= 0.3 is 0 Å². The monoisotopic (exact) mass is 177 g/mol. The summed E-state index contributed by atoms with van der Waals surface area (Å²) >= 11 is 0. The largest absolute Gasteiger partial charge is 0.394 e. The topological polar surface area (TPSA) is 63.5 Å². The maximum Gasteiger partial charge on any atom is 0.0992 e. The molecule has 0 aliphatic heterocycles. The number of nitrogens with two attached hydrogens (primary N) is 1. The zero-order valence-electron chi connectivity index (χ0n) is 7.09. The number of hydrogen-bond donors (Lipinski definition) is 2. The number of fused-ring (bicyclic) bond motifs is 1. The van der Waals surface area contributed by atoms with E-state index in [0.29, 0.717) is 0 Å². The van der Waals surface area contributed by atoms with E-state index in [1.54, 1.807) is 12.5 Å². The van der Waals surface area contributed by atoms with Gasteiger partial charge < -0.3 is 15.2 Å². The van der Waals surface area contributed by atoms with E-state index in [9.17, 15) is 0 Å². The van der Waals surface area contributed by atoms with Crippen LogP contribution in [0.15, 0.2) is 30.9 Å². The molecule has 0 aliphatic carbocycles. The second kappa shape index (κ2) is 3.16. The molecule has 0 aliphatic rings. The second-order valence-electron chi connectivity index (χ2n) is 2.94. The summed E-state index contributed by atoms with van der Waals surface area (Å²) in [6.07, 6.45) is 5.35. The minimum Gasteiger partial charge on any atom is -0.394 e. The normalized spacial score (nSPS) is 13.4. The fourth-order valence-corrected chi connectivity index (χ4v) is 1.38. The molecule has 0 bridgehead atoms. The van der Waals surface area contributed by atoms with E-state index in [1.807, 2.05) is 22.7 Å². The molecular formula is C9H11N3O. The van der Waals surface area contributed by atoms with Gasteiger partial charge in [0, 0.05) is 6.20 Å². The van der Waals surface area contributed by atoms with Gasteiger partial charge in [0.1, 0.15) is 0 Å².